The molecule has 2 aromatic rings. The molecule has 24 heavy (non-hydrogen) atoms. The van der Waals surface area contributed by atoms with E-state index in [9.17, 15) is 4.79 Å². The first-order valence-corrected chi connectivity index (χ1v) is 8.43. The van der Waals surface area contributed by atoms with Crippen molar-refractivity contribution in [2.45, 2.75) is 13.5 Å². The highest BCUT2D eigenvalue weighted by atomic mass is 35.5. The minimum atomic E-state index is -0.0658. The van der Waals surface area contributed by atoms with Crippen LogP contribution in [0.15, 0.2) is 42.7 Å². The molecule has 0 radical (unpaired) electrons. The summed E-state index contributed by atoms with van der Waals surface area (Å²) in [5.41, 5.74) is 3.02. The lowest BCUT2D eigenvalue weighted by molar-refractivity contribution is 0.143. The van der Waals surface area contributed by atoms with Crippen molar-refractivity contribution in [3.8, 4) is 0 Å². The predicted molar refractivity (Wildman–Crippen MR) is 96.3 cm³/mol. The SMILES string of the molecule is Cc1ccc(Cl)cc1NC(=O)N1CCN(Cc2ccncc2)CC1. The van der Waals surface area contributed by atoms with Crippen LogP contribution in [0.25, 0.3) is 0 Å². The topological polar surface area (TPSA) is 48.5 Å². The van der Waals surface area contributed by atoms with E-state index in [-0.39, 0.29) is 6.03 Å². The van der Waals surface area contributed by atoms with Crippen LogP contribution >= 0.6 is 11.6 Å². The Morgan fingerprint density at radius 3 is 2.58 bits per heavy atom. The maximum absolute atomic E-state index is 12.4. The number of nitrogens with one attached hydrogen (secondary N) is 1. The number of carbonyl (C=O) groups excluding carboxylic acids is 1. The van der Waals surface area contributed by atoms with Crippen LogP contribution in [0.3, 0.4) is 0 Å². The van der Waals surface area contributed by atoms with E-state index < -0.39 is 0 Å². The van der Waals surface area contributed by atoms with Crippen LogP contribution in [-0.4, -0.2) is 47.0 Å². The third-order valence-corrected chi connectivity index (χ3v) is 4.49. The van der Waals surface area contributed by atoms with Gasteiger partial charge in [0.25, 0.3) is 0 Å². The number of benzene rings is 1. The largest absolute Gasteiger partial charge is 0.322 e. The third kappa shape index (κ3) is 4.24. The number of amides is 2. The number of anilines is 1. The van der Waals surface area contributed by atoms with E-state index >= 15 is 0 Å². The van der Waals surface area contributed by atoms with Crippen molar-refractivity contribution in [3.05, 3.63) is 58.9 Å². The van der Waals surface area contributed by atoms with Crippen LogP contribution in [0, 0.1) is 6.92 Å². The average molecular weight is 345 g/mol. The lowest BCUT2D eigenvalue weighted by atomic mass is 10.2. The predicted octanol–water partition coefficient (Wildman–Crippen LogP) is 3.39. The molecule has 2 amide bonds. The van der Waals surface area contributed by atoms with Gasteiger partial charge in [-0.05, 0) is 42.3 Å². The van der Waals surface area contributed by atoms with E-state index in [4.69, 9.17) is 11.6 Å². The molecule has 0 unspecified atom stereocenters. The zero-order chi connectivity index (χ0) is 16.9. The van der Waals surface area contributed by atoms with Gasteiger partial charge in [-0.2, -0.15) is 0 Å². The van der Waals surface area contributed by atoms with E-state index in [0.29, 0.717) is 5.02 Å². The Morgan fingerprint density at radius 1 is 1.17 bits per heavy atom. The Hall–Kier alpha value is -2.11. The van der Waals surface area contributed by atoms with Gasteiger partial charge in [-0.3, -0.25) is 9.88 Å². The fourth-order valence-electron chi connectivity index (χ4n) is 2.78. The highest BCUT2D eigenvalue weighted by Gasteiger charge is 2.21. The molecule has 0 aliphatic carbocycles. The summed E-state index contributed by atoms with van der Waals surface area (Å²) in [7, 11) is 0. The molecule has 1 aliphatic heterocycles. The standard InChI is InChI=1S/C18H21ClN4O/c1-14-2-3-16(19)12-17(14)21-18(24)23-10-8-22(9-11-23)13-15-4-6-20-7-5-15/h2-7,12H,8-11,13H2,1H3,(H,21,24). The Bertz CT molecular complexity index is 699. The minimum absolute atomic E-state index is 0.0658. The number of halogens is 1. The van der Waals surface area contributed by atoms with Gasteiger partial charge in [-0.25, -0.2) is 4.79 Å². The van der Waals surface area contributed by atoms with Crippen LogP contribution < -0.4 is 5.32 Å². The zero-order valence-electron chi connectivity index (χ0n) is 13.7. The van der Waals surface area contributed by atoms with E-state index in [2.05, 4.69) is 15.2 Å². The highest BCUT2D eigenvalue weighted by Crippen LogP contribution is 2.20. The number of aryl methyl sites for hydroxylation is 1. The Labute approximate surface area is 147 Å². The second kappa shape index (κ2) is 7.64. The summed E-state index contributed by atoms with van der Waals surface area (Å²) in [6.07, 6.45) is 3.62. The zero-order valence-corrected chi connectivity index (χ0v) is 14.5. The molecule has 0 saturated carbocycles. The van der Waals surface area contributed by atoms with Crippen molar-refractivity contribution < 1.29 is 4.79 Å². The Balaban J connectivity index is 1.52. The van der Waals surface area contributed by atoms with Crippen LogP contribution in [0.4, 0.5) is 10.5 Å². The number of aromatic nitrogens is 1. The van der Waals surface area contributed by atoms with E-state index in [0.717, 1.165) is 44.0 Å². The van der Waals surface area contributed by atoms with Crippen molar-refractivity contribution in [2.75, 3.05) is 31.5 Å². The Kier molecular flexibility index (Phi) is 5.33. The molecule has 1 aromatic heterocycles. The van der Waals surface area contributed by atoms with Crippen molar-refractivity contribution in [3.63, 3.8) is 0 Å². The molecule has 126 valence electrons. The first-order chi connectivity index (χ1) is 11.6. The third-order valence-electron chi connectivity index (χ3n) is 4.26. The van der Waals surface area contributed by atoms with Gasteiger partial charge in [0.1, 0.15) is 0 Å². The molecular formula is C18H21ClN4O. The fraction of sp³-hybridized carbons (Fsp3) is 0.333. The van der Waals surface area contributed by atoms with Gasteiger partial charge in [0, 0.05) is 55.8 Å². The number of piperazine rings is 1. The fourth-order valence-corrected chi connectivity index (χ4v) is 2.95. The molecule has 5 nitrogen and oxygen atoms in total. The number of urea groups is 1. The van der Waals surface area contributed by atoms with Gasteiger partial charge >= 0.3 is 6.03 Å². The normalized spacial score (nSPS) is 15.3. The van der Waals surface area contributed by atoms with E-state index in [1.807, 2.05) is 48.5 Å². The molecule has 1 aromatic carbocycles. The molecule has 1 fully saturated rings. The minimum Gasteiger partial charge on any atom is -0.322 e. The number of carbonyl (C=O) groups is 1. The van der Waals surface area contributed by atoms with Crippen LogP contribution in [0.5, 0.6) is 0 Å². The number of hydrogen-bond acceptors (Lipinski definition) is 3. The van der Waals surface area contributed by atoms with Crippen molar-refractivity contribution in [1.82, 2.24) is 14.8 Å². The summed E-state index contributed by atoms with van der Waals surface area (Å²) in [6, 6.07) is 9.51. The molecule has 2 heterocycles. The summed E-state index contributed by atoms with van der Waals surface area (Å²) < 4.78 is 0. The quantitative estimate of drug-likeness (QED) is 0.928. The molecular weight excluding hydrogens is 324 g/mol. The number of hydrogen-bond donors (Lipinski definition) is 1. The molecule has 0 bridgehead atoms. The summed E-state index contributed by atoms with van der Waals surface area (Å²) in [4.78, 5) is 20.7. The number of nitrogens with zero attached hydrogens (tertiary/aromatic N) is 3. The average Bonchev–Trinajstić information content (AvgIpc) is 2.60. The van der Waals surface area contributed by atoms with Gasteiger partial charge < -0.3 is 10.2 Å². The Morgan fingerprint density at radius 2 is 1.88 bits per heavy atom. The van der Waals surface area contributed by atoms with Gasteiger partial charge in [-0.1, -0.05) is 17.7 Å². The van der Waals surface area contributed by atoms with Gasteiger partial charge in [0.2, 0.25) is 0 Å². The van der Waals surface area contributed by atoms with E-state index in [1.165, 1.54) is 5.56 Å². The first-order valence-electron chi connectivity index (χ1n) is 8.05. The summed E-state index contributed by atoms with van der Waals surface area (Å²) in [6.45, 7) is 6.02. The monoisotopic (exact) mass is 344 g/mol. The summed E-state index contributed by atoms with van der Waals surface area (Å²) in [5.74, 6) is 0. The summed E-state index contributed by atoms with van der Waals surface area (Å²) >= 11 is 6.01. The second-order valence-corrected chi connectivity index (χ2v) is 6.44. The molecule has 0 atom stereocenters. The molecule has 1 saturated heterocycles. The molecule has 0 spiro atoms. The lowest BCUT2D eigenvalue weighted by Gasteiger charge is -2.34. The molecule has 1 N–H and O–H groups in total. The number of pyridine rings is 1. The van der Waals surface area contributed by atoms with Crippen LogP contribution in [0.2, 0.25) is 5.02 Å². The van der Waals surface area contributed by atoms with Crippen LogP contribution in [0.1, 0.15) is 11.1 Å². The van der Waals surface area contributed by atoms with E-state index in [1.54, 1.807) is 6.07 Å². The maximum Gasteiger partial charge on any atom is 0.321 e. The summed E-state index contributed by atoms with van der Waals surface area (Å²) in [5, 5.41) is 3.58. The molecule has 6 heteroatoms. The van der Waals surface area contributed by atoms with Gasteiger partial charge in [0.05, 0.1) is 0 Å². The second-order valence-electron chi connectivity index (χ2n) is 6.01. The van der Waals surface area contributed by atoms with Gasteiger partial charge in [-0.15, -0.1) is 0 Å². The smallest absolute Gasteiger partial charge is 0.321 e. The number of rotatable bonds is 3. The maximum atomic E-state index is 12.4. The lowest BCUT2D eigenvalue weighted by Crippen LogP contribution is -2.49. The van der Waals surface area contributed by atoms with Crippen molar-refractivity contribution in [2.24, 2.45) is 0 Å². The highest BCUT2D eigenvalue weighted by molar-refractivity contribution is 6.31. The van der Waals surface area contributed by atoms with Gasteiger partial charge in [0.15, 0.2) is 0 Å². The van der Waals surface area contributed by atoms with Crippen LogP contribution in [-0.2, 0) is 6.54 Å². The first kappa shape index (κ1) is 16.7. The van der Waals surface area contributed by atoms with Crippen molar-refractivity contribution >= 4 is 23.3 Å². The molecule has 3 rings (SSSR count). The van der Waals surface area contributed by atoms with Crippen molar-refractivity contribution in [1.29, 1.82) is 0 Å². The molecule has 1 aliphatic rings.